The maximum Gasteiger partial charge on any atom is 0.161 e. The Morgan fingerprint density at radius 3 is 2.42 bits per heavy atom. The van der Waals surface area contributed by atoms with Gasteiger partial charge in [0.05, 0.1) is 6.10 Å². The number of nitrogens with zero attached hydrogens (tertiary/aromatic N) is 1. The highest BCUT2D eigenvalue weighted by Gasteiger charge is 2.21. The van der Waals surface area contributed by atoms with E-state index in [1.165, 1.54) is 24.0 Å². The van der Waals surface area contributed by atoms with Crippen molar-refractivity contribution in [2.45, 2.75) is 44.1 Å². The lowest BCUT2D eigenvalue weighted by atomic mass is 9.87. The molecule has 31 heavy (non-hydrogen) atoms. The van der Waals surface area contributed by atoms with Gasteiger partial charge in [-0.3, -0.25) is 4.98 Å². The van der Waals surface area contributed by atoms with Gasteiger partial charge in [-0.2, -0.15) is 0 Å². The number of halogens is 1. The second-order valence-corrected chi connectivity index (χ2v) is 7.82. The third-order valence-corrected chi connectivity index (χ3v) is 5.66. The molecule has 1 unspecified atom stereocenters. The molecule has 4 heteroatoms. The summed E-state index contributed by atoms with van der Waals surface area (Å²) in [7, 11) is 0. The van der Waals surface area contributed by atoms with Crippen LogP contribution in [-0.4, -0.2) is 17.7 Å². The van der Waals surface area contributed by atoms with E-state index in [4.69, 9.17) is 9.47 Å². The van der Waals surface area contributed by atoms with Gasteiger partial charge in [-0.15, -0.1) is 12.4 Å². The van der Waals surface area contributed by atoms with Crippen molar-refractivity contribution in [3.05, 3.63) is 102 Å². The number of hydrogen-bond acceptors (Lipinski definition) is 3. The van der Waals surface area contributed by atoms with Gasteiger partial charge in [0.15, 0.2) is 11.5 Å². The fraction of sp³-hybridized carbons (Fsp3) is 0.296. The summed E-state index contributed by atoms with van der Waals surface area (Å²) in [5.41, 5.74) is 3.57. The summed E-state index contributed by atoms with van der Waals surface area (Å²) in [5, 5.41) is 0. The Hall–Kier alpha value is -2.78. The lowest BCUT2D eigenvalue weighted by Crippen LogP contribution is -2.13. The molecule has 0 radical (unpaired) electrons. The van der Waals surface area contributed by atoms with Gasteiger partial charge in [-0.25, -0.2) is 0 Å². The van der Waals surface area contributed by atoms with Crippen molar-refractivity contribution in [2.24, 2.45) is 0 Å². The molecular formula is C27H30ClNO2. The van der Waals surface area contributed by atoms with Gasteiger partial charge >= 0.3 is 0 Å². The van der Waals surface area contributed by atoms with Crippen molar-refractivity contribution in [3.8, 4) is 11.5 Å². The maximum atomic E-state index is 6.41. The van der Waals surface area contributed by atoms with Crippen LogP contribution in [0.25, 0.3) is 0 Å². The van der Waals surface area contributed by atoms with E-state index in [1.807, 2.05) is 24.4 Å². The first-order valence-corrected chi connectivity index (χ1v) is 10.8. The summed E-state index contributed by atoms with van der Waals surface area (Å²) in [6.07, 6.45) is 9.43. The molecule has 1 aliphatic rings. The maximum absolute atomic E-state index is 6.41. The molecule has 1 saturated carbocycles. The van der Waals surface area contributed by atoms with Gasteiger partial charge < -0.3 is 9.47 Å². The quantitative estimate of drug-likeness (QED) is 0.348. The van der Waals surface area contributed by atoms with Crippen LogP contribution in [0.3, 0.4) is 0 Å². The number of hydrogen-bond donors (Lipinski definition) is 0. The molecule has 0 amide bonds. The molecular weight excluding hydrogens is 406 g/mol. The van der Waals surface area contributed by atoms with E-state index in [1.54, 1.807) is 6.08 Å². The highest BCUT2D eigenvalue weighted by molar-refractivity contribution is 5.85. The second-order valence-electron chi connectivity index (χ2n) is 7.82. The smallest absolute Gasteiger partial charge is 0.161 e. The zero-order chi connectivity index (χ0) is 20.6. The predicted molar refractivity (Wildman–Crippen MR) is 128 cm³/mol. The largest absolute Gasteiger partial charge is 0.487 e. The minimum absolute atomic E-state index is 0. The highest BCUT2D eigenvalue weighted by atomic mass is 35.5. The van der Waals surface area contributed by atoms with Crippen molar-refractivity contribution in [3.63, 3.8) is 0 Å². The topological polar surface area (TPSA) is 31.4 Å². The molecule has 0 spiro atoms. The van der Waals surface area contributed by atoms with Crippen LogP contribution in [0.2, 0.25) is 0 Å². The Labute approximate surface area is 191 Å². The molecule has 0 aliphatic heterocycles. The molecule has 1 aromatic heterocycles. The number of ether oxygens (including phenoxy) is 2. The molecule has 0 bridgehead atoms. The van der Waals surface area contributed by atoms with Crippen LogP contribution >= 0.6 is 12.4 Å². The summed E-state index contributed by atoms with van der Waals surface area (Å²) < 4.78 is 12.3. The normalized spacial score (nSPS) is 14.5. The van der Waals surface area contributed by atoms with Gasteiger partial charge in [-0.1, -0.05) is 55.1 Å². The number of pyridine rings is 1. The minimum atomic E-state index is 0. The third kappa shape index (κ3) is 6.11. The number of aromatic nitrogens is 1. The van der Waals surface area contributed by atoms with Crippen LogP contribution in [0.1, 0.15) is 48.4 Å². The van der Waals surface area contributed by atoms with E-state index in [0.717, 1.165) is 36.5 Å². The summed E-state index contributed by atoms with van der Waals surface area (Å²) in [4.78, 5) is 4.57. The Bertz CT molecular complexity index is 940. The van der Waals surface area contributed by atoms with E-state index in [0.29, 0.717) is 6.61 Å². The fourth-order valence-corrected chi connectivity index (χ4v) is 4.13. The third-order valence-electron chi connectivity index (χ3n) is 5.66. The molecule has 1 fully saturated rings. The van der Waals surface area contributed by atoms with Crippen molar-refractivity contribution in [1.82, 2.24) is 4.98 Å². The second kappa shape index (κ2) is 11.6. The zero-order valence-corrected chi connectivity index (χ0v) is 18.6. The number of rotatable bonds is 9. The van der Waals surface area contributed by atoms with Crippen LogP contribution in [0.5, 0.6) is 11.5 Å². The summed E-state index contributed by atoms with van der Waals surface area (Å²) in [6, 6.07) is 23.1. The zero-order valence-electron chi connectivity index (χ0n) is 17.8. The van der Waals surface area contributed by atoms with Crippen molar-refractivity contribution >= 4 is 12.4 Å². The van der Waals surface area contributed by atoms with E-state index in [2.05, 4.69) is 60.1 Å². The van der Waals surface area contributed by atoms with Crippen molar-refractivity contribution < 1.29 is 9.47 Å². The van der Waals surface area contributed by atoms with Crippen molar-refractivity contribution in [2.75, 3.05) is 6.61 Å². The first kappa shape index (κ1) is 22.9. The molecule has 0 N–H and O–H groups in total. The first-order valence-electron chi connectivity index (χ1n) is 10.8. The Morgan fingerprint density at radius 1 is 0.935 bits per heavy atom. The van der Waals surface area contributed by atoms with Crippen LogP contribution in [0.15, 0.2) is 85.6 Å². The lowest BCUT2D eigenvalue weighted by Gasteiger charge is -2.22. The molecule has 162 valence electrons. The molecule has 1 heterocycles. The van der Waals surface area contributed by atoms with Gasteiger partial charge in [0.2, 0.25) is 0 Å². The number of benzene rings is 2. The molecule has 3 nitrogen and oxygen atoms in total. The van der Waals surface area contributed by atoms with Gasteiger partial charge in [0, 0.05) is 24.2 Å². The molecule has 3 aromatic rings. The van der Waals surface area contributed by atoms with E-state index in [-0.39, 0.29) is 24.4 Å². The fourth-order valence-electron chi connectivity index (χ4n) is 4.13. The van der Waals surface area contributed by atoms with E-state index >= 15 is 0 Å². The first-order chi connectivity index (χ1) is 14.8. The monoisotopic (exact) mass is 435 g/mol. The molecule has 1 aliphatic carbocycles. The van der Waals surface area contributed by atoms with E-state index < -0.39 is 0 Å². The van der Waals surface area contributed by atoms with Gasteiger partial charge in [0.1, 0.15) is 6.61 Å². The van der Waals surface area contributed by atoms with Crippen LogP contribution < -0.4 is 9.47 Å². The molecule has 4 rings (SSSR count). The minimum Gasteiger partial charge on any atom is -0.487 e. The van der Waals surface area contributed by atoms with Crippen LogP contribution in [0.4, 0.5) is 0 Å². The lowest BCUT2D eigenvalue weighted by molar-refractivity contribution is 0.198. The Balaban J connectivity index is 0.00000272. The van der Waals surface area contributed by atoms with Gasteiger partial charge in [-0.05, 0) is 61.1 Å². The summed E-state index contributed by atoms with van der Waals surface area (Å²) in [5.74, 6) is 1.82. The summed E-state index contributed by atoms with van der Waals surface area (Å²) in [6.45, 7) is 4.24. The molecule has 1 atom stereocenters. The standard InChI is InChI=1S/C27H29NO2.ClH/c1-2-18-29-26-16-15-22(19-27(26)30-24-13-6-7-14-24)25(21-10-4-3-5-11-21)20-23-12-8-9-17-28-23;/h2-5,8-12,15-17,19,24-25H,1,6-7,13-14,18,20H2;1H. The Kier molecular flexibility index (Phi) is 8.54. The molecule has 2 aromatic carbocycles. The highest BCUT2D eigenvalue weighted by Crippen LogP contribution is 2.37. The van der Waals surface area contributed by atoms with Gasteiger partial charge in [0.25, 0.3) is 0 Å². The Morgan fingerprint density at radius 2 is 1.71 bits per heavy atom. The SMILES string of the molecule is C=CCOc1ccc(C(Cc2ccccn2)c2ccccc2)cc1OC1CCCC1.Cl. The summed E-state index contributed by atoms with van der Waals surface area (Å²) >= 11 is 0. The van der Waals surface area contributed by atoms with Crippen LogP contribution in [-0.2, 0) is 6.42 Å². The predicted octanol–water partition coefficient (Wildman–Crippen LogP) is 6.76. The van der Waals surface area contributed by atoms with E-state index in [9.17, 15) is 0 Å². The van der Waals surface area contributed by atoms with Crippen LogP contribution in [0, 0.1) is 0 Å². The van der Waals surface area contributed by atoms with Crippen molar-refractivity contribution in [1.29, 1.82) is 0 Å². The average Bonchev–Trinajstić information content (AvgIpc) is 3.31. The average molecular weight is 436 g/mol. The molecule has 0 saturated heterocycles.